The molecule has 0 bridgehead atoms. The van der Waals surface area contributed by atoms with Crippen LogP contribution in [0.4, 0.5) is 0 Å². The first-order chi connectivity index (χ1) is 9.40. The Balaban J connectivity index is 2.07. The van der Waals surface area contributed by atoms with Gasteiger partial charge in [0.25, 0.3) is 5.95 Å². The minimum atomic E-state index is 0.532. The molecule has 0 radical (unpaired) electrons. The lowest BCUT2D eigenvalue weighted by molar-refractivity contribution is 0.749. The van der Waals surface area contributed by atoms with Crippen LogP contribution >= 0.6 is 0 Å². The third-order valence-electron chi connectivity index (χ3n) is 2.75. The molecule has 3 aromatic rings. The van der Waals surface area contributed by atoms with Crippen molar-refractivity contribution in [2.75, 3.05) is 6.54 Å². The highest BCUT2D eigenvalue weighted by Gasteiger charge is 2.13. The van der Waals surface area contributed by atoms with E-state index in [4.69, 9.17) is 5.73 Å². The lowest BCUT2D eigenvalue weighted by Crippen LogP contribution is -2.12. The van der Waals surface area contributed by atoms with Crippen molar-refractivity contribution < 1.29 is 0 Å². The summed E-state index contributed by atoms with van der Waals surface area (Å²) in [5.74, 6) is 1.45. The van der Waals surface area contributed by atoms with E-state index in [1.54, 1.807) is 10.9 Å². The molecule has 0 spiro atoms. The minimum Gasteiger partial charge on any atom is -0.330 e. The zero-order chi connectivity index (χ0) is 13.1. The summed E-state index contributed by atoms with van der Waals surface area (Å²) < 4.78 is 3.52. The smallest absolute Gasteiger partial charge is 0.259 e. The van der Waals surface area contributed by atoms with Crippen LogP contribution in [0.25, 0.3) is 11.6 Å². The number of hydrogen-bond acceptors (Lipinski definition) is 5. The Labute approximate surface area is 109 Å². The number of nitrogens with zero attached hydrogens (tertiary/aromatic N) is 6. The van der Waals surface area contributed by atoms with Gasteiger partial charge in [-0.15, -0.1) is 0 Å². The average Bonchev–Trinajstić information content (AvgIpc) is 3.08. The molecule has 2 aromatic heterocycles. The molecule has 0 saturated carbocycles. The summed E-state index contributed by atoms with van der Waals surface area (Å²) >= 11 is 0. The first-order valence-corrected chi connectivity index (χ1v) is 5.96. The standard InChI is InChI=1S/C12H13N7/c13-7-6-11-14-8-9-18(11)12-15-16-17-19(12)10-4-2-1-3-5-10/h1-5,8-9H,6-7,13H2. The fourth-order valence-corrected chi connectivity index (χ4v) is 1.90. The van der Waals surface area contributed by atoms with E-state index in [1.165, 1.54) is 0 Å². The molecule has 0 fully saturated rings. The van der Waals surface area contributed by atoms with Gasteiger partial charge in [-0.2, -0.15) is 4.68 Å². The van der Waals surface area contributed by atoms with E-state index in [9.17, 15) is 0 Å². The quantitative estimate of drug-likeness (QED) is 0.726. The van der Waals surface area contributed by atoms with Crippen LogP contribution in [0.2, 0.25) is 0 Å². The first-order valence-electron chi connectivity index (χ1n) is 5.96. The Morgan fingerprint density at radius 3 is 2.79 bits per heavy atom. The monoisotopic (exact) mass is 255 g/mol. The van der Waals surface area contributed by atoms with Gasteiger partial charge in [0, 0.05) is 18.8 Å². The van der Waals surface area contributed by atoms with Crippen molar-refractivity contribution in [2.45, 2.75) is 6.42 Å². The number of aromatic nitrogens is 6. The van der Waals surface area contributed by atoms with Crippen molar-refractivity contribution in [1.29, 1.82) is 0 Å². The number of nitrogens with two attached hydrogens (primary N) is 1. The summed E-state index contributed by atoms with van der Waals surface area (Å²) in [7, 11) is 0. The molecule has 0 atom stereocenters. The number of para-hydroxylation sites is 1. The van der Waals surface area contributed by atoms with E-state index >= 15 is 0 Å². The van der Waals surface area contributed by atoms with Gasteiger partial charge >= 0.3 is 0 Å². The SMILES string of the molecule is NCCc1nccn1-c1nnnn1-c1ccccc1. The van der Waals surface area contributed by atoms with Crippen molar-refractivity contribution in [3.8, 4) is 11.6 Å². The van der Waals surface area contributed by atoms with Crippen LogP contribution in [0.15, 0.2) is 42.7 Å². The summed E-state index contributed by atoms with van der Waals surface area (Å²) in [5.41, 5.74) is 6.48. The van der Waals surface area contributed by atoms with Crippen LogP contribution in [-0.4, -0.2) is 36.3 Å². The second kappa shape index (κ2) is 4.99. The Hall–Kier alpha value is -2.54. The van der Waals surface area contributed by atoms with Crippen LogP contribution in [0.1, 0.15) is 5.82 Å². The number of tetrazole rings is 1. The molecule has 1 aromatic carbocycles. The normalized spacial score (nSPS) is 10.8. The molecule has 0 saturated heterocycles. The van der Waals surface area contributed by atoms with Gasteiger partial charge < -0.3 is 5.73 Å². The van der Waals surface area contributed by atoms with Crippen molar-refractivity contribution in [3.63, 3.8) is 0 Å². The van der Waals surface area contributed by atoms with E-state index in [1.807, 2.05) is 41.1 Å². The van der Waals surface area contributed by atoms with E-state index in [2.05, 4.69) is 20.5 Å². The Bertz CT molecular complexity index is 656. The molecule has 0 aliphatic heterocycles. The average molecular weight is 255 g/mol. The number of hydrogen-bond donors (Lipinski definition) is 1. The van der Waals surface area contributed by atoms with Gasteiger partial charge in [-0.25, -0.2) is 4.98 Å². The van der Waals surface area contributed by atoms with E-state index < -0.39 is 0 Å². The molecule has 2 N–H and O–H groups in total. The lowest BCUT2D eigenvalue weighted by Gasteiger charge is -2.07. The largest absolute Gasteiger partial charge is 0.330 e. The topological polar surface area (TPSA) is 87.4 Å². The molecule has 0 amide bonds. The molecule has 96 valence electrons. The van der Waals surface area contributed by atoms with Crippen LogP contribution in [-0.2, 0) is 6.42 Å². The maximum Gasteiger partial charge on any atom is 0.259 e. The van der Waals surface area contributed by atoms with E-state index in [-0.39, 0.29) is 0 Å². The summed E-state index contributed by atoms with van der Waals surface area (Å²) in [5, 5.41) is 11.8. The van der Waals surface area contributed by atoms with Gasteiger partial charge in [0.15, 0.2) is 0 Å². The molecular weight excluding hydrogens is 242 g/mol. The maximum atomic E-state index is 5.58. The predicted octanol–water partition coefficient (Wildman–Crippen LogP) is 0.349. The minimum absolute atomic E-state index is 0.532. The molecule has 2 heterocycles. The molecular formula is C12H13N7. The Morgan fingerprint density at radius 2 is 2.00 bits per heavy atom. The molecule has 0 aliphatic rings. The second-order valence-electron chi connectivity index (χ2n) is 3.98. The molecule has 0 unspecified atom stereocenters. The van der Waals surface area contributed by atoms with Crippen molar-refractivity contribution in [1.82, 2.24) is 29.8 Å². The van der Waals surface area contributed by atoms with Crippen molar-refractivity contribution in [2.24, 2.45) is 5.73 Å². The zero-order valence-corrected chi connectivity index (χ0v) is 10.2. The van der Waals surface area contributed by atoms with Crippen molar-refractivity contribution in [3.05, 3.63) is 48.5 Å². The molecule has 7 nitrogen and oxygen atoms in total. The summed E-state index contributed by atoms with van der Waals surface area (Å²) in [6, 6.07) is 9.72. The first kappa shape index (κ1) is 11.5. The number of benzene rings is 1. The van der Waals surface area contributed by atoms with Crippen LogP contribution in [0, 0.1) is 0 Å². The molecule has 0 aliphatic carbocycles. The molecule has 3 rings (SSSR count). The lowest BCUT2D eigenvalue weighted by atomic mass is 10.3. The van der Waals surface area contributed by atoms with Gasteiger partial charge in [0.1, 0.15) is 5.82 Å². The highest BCUT2D eigenvalue weighted by Crippen LogP contribution is 2.12. The summed E-state index contributed by atoms with van der Waals surface area (Å²) in [6.45, 7) is 0.532. The Kier molecular flexibility index (Phi) is 3.03. The third-order valence-corrected chi connectivity index (χ3v) is 2.75. The summed E-state index contributed by atoms with van der Waals surface area (Å²) in [6.07, 6.45) is 4.22. The van der Waals surface area contributed by atoms with Gasteiger partial charge in [0.2, 0.25) is 0 Å². The highest BCUT2D eigenvalue weighted by molar-refractivity contribution is 5.34. The Morgan fingerprint density at radius 1 is 1.16 bits per heavy atom. The van der Waals surface area contributed by atoms with Gasteiger partial charge in [-0.05, 0) is 29.1 Å². The van der Waals surface area contributed by atoms with Gasteiger partial charge in [0.05, 0.1) is 5.69 Å². The fourth-order valence-electron chi connectivity index (χ4n) is 1.90. The molecule has 7 heteroatoms. The highest BCUT2D eigenvalue weighted by atomic mass is 15.6. The van der Waals surface area contributed by atoms with Crippen molar-refractivity contribution >= 4 is 0 Å². The van der Waals surface area contributed by atoms with E-state index in [0.29, 0.717) is 18.9 Å². The third kappa shape index (κ3) is 2.11. The van der Waals surface area contributed by atoms with Crippen LogP contribution in [0.3, 0.4) is 0 Å². The maximum absolute atomic E-state index is 5.58. The summed E-state index contributed by atoms with van der Waals surface area (Å²) in [4.78, 5) is 4.27. The fraction of sp³-hybridized carbons (Fsp3) is 0.167. The van der Waals surface area contributed by atoms with Gasteiger partial charge in [-0.1, -0.05) is 23.3 Å². The number of imidazole rings is 1. The predicted molar refractivity (Wildman–Crippen MR) is 69.0 cm³/mol. The van der Waals surface area contributed by atoms with Crippen LogP contribution in [0.5, 0.6) is 0 Å². The van der Waals surface area contributed by atoms with E-state index in [0.717, 1.165) is 11.5 Å². The molecule has 19 heavy (non-hydrogen) atoms. The van der Waals surface area contributed by atoms with Crippen LogP contribution < -0.4 is 5.73 Å². The van der Waals surface area contributed by atoms with Gasteiger partial charge in [-0.3, -0.25) is 4.57 Å². The number of rotatable bonds is 4. The second-order valence-corrected chi connectivity index (χ2v) is 3.98. The zero-order valence-electron chi connectivity index (χ0n) is 10.2.